The Morgan fingerprint density at radius 1 is 0.348 bits per heavy atom. The average molecular weight is 1180 g/mol. The zero-order valence-electron chi connectivity index (χ0n) is 31.8. The van der Waals surface area contributed by atoms with E-state index in [1.165, 1.54) is 14.2 Å². The van der Waals surface area contributed by atoms with Gasteiger partial charge in [0, 0.05) is 6.07 Å². The molecule has 2 N–H and O–H groups in total. The quantitative estimate of drug-likeness (QED) is 0.130. The van der Waals surface area contributed by atoms with Crippen molar-refractivity contribution in [1.29, 1.82) is 0 Å². The van der Waals surface area contributed by atoms with E-state index in [4.69, 9.17) is 218 Å². The Bertz CT molecular complexity index is 3740. The number of aromatic amines is 2. The molecule has 0 spiro atoms. The first-order valence-corrected chi connectivity index (χ1v) is 23.6. The van der Waals surface area contributed by atoms with Crippen LogP contribution < -0.4 is 14.2 Å². The summed E-state index contributed by atoms with van der Waals surface area (Å²) in [6.07, 6.45) is 0. The van der Waals surface area contributed by atoms with Crippen LogP contribution in [-0.2, 0) is 0 Å². The van der Waals surface area contributed by atoms with Gasteiger partial charge in [-0.2, -0.15) is 0 Å². The minimum absolute atomic E-state index is 0.00401. The van der Waals surface area contributed by atoms with E-state index < -0.39 is 0 Å². The number of benzene rings is 5. The Balaban J connectivity index is 1.44. The normalized spacial score (nSPS) is 12.0. The van der Waals surface area contributed by atoms with Gasteiger partial charge < -0.3 is 24.2 Å². The summed E-state index contributed by atoms with van der Waals surface area (Å²) in [5, 5.41) is -0.836. The van der Waals surface area contributed by atoms with Gasteiger partial charge >= 0.3 is 0 Å². The molecule has 3 aromatic heterocycles. The molecule has 0 atom stereocenters. The number of rotatable bonds is 4. The van der Waals surface area contributed by atoms with Gasteiger partial charge in [-0.3, -0.25) is 0 Å². The lowest BCUT2D eigenvalue weighted by molar-refractivity contribution is 0.369. The lowest BCUT2D eigenvalue weighted by Crippen LogP contribution is -1.94. The Morgan fingerprint density at radius 2 is 0.682 bits per heavy atom. The zero-order valence-corrected chi connectivity index (χ0v) is 43.1. The average Bonchev–Trinajstić information content (AvgIpc) is 4.06. The molecule has 26 heteroatoms. The van der Waals surface area contributed by atoms with E-state index in [-0.39, 0.29) is 182 Å². The SMILES string of the molecule is COc1ccc(Oc2c(Cl)c(Cl)c3c4nc5nc(nc6[nH]c(nc7nc(nc([nH]4)c3c2Cl)-c2c(Cl)c(Cl)c(Cl)c(Cl)c2-7)c2c(Cl)c(Cl)c(Cl)c(Cl)c62)-c2c(Cl)c(Cl)c(Cl)c(Cl)c2-5)c(OC)c1. The molecule has 0 amide bonds. The molecule has 0 unspecified atom stereocenters. The monoisotopic (exact) mass is 1180 g/mol. The van der Waals surface area contributed by atoms with Crippen LogP contribution in [0.25, 0.3) is 89.7 Å². The molecule has 2 aliphatic heterocycles. The van der Waals surface area contributed by atoms with Crippen LogP contribution in [0.4, 0.5) is 0 Å². The maximum Gasteiger partial charge on any atom is 0.169 e. The highest BCUT2D eigenvalue weighted by Crippen LogP contribution is 2.55. The molecule has 8 aromatic rings. The highest BCUT2D eigenvalue weighted by atomic mass is 35.5. The maximum absolute atomic E-state index is 7.30. The number of halogens is 15. The summed E-state index contributed by atoms with van der Waals surface area (Å²) in [7, 11) is 2.94. The fourth-order valence-corrected chi connectivity index (χ4v) is 11.2. The van der Waals surface area contributed by atoms with Gasteiger partial charge in [0.25, 0.3) is 0 Å². The van der Waals surface area contributed by atoms with Crippen molar-refractivity contribution in [3.63, 3.8) is 0 Å². The highest BCUT2D eigenvalue weighted by Gasteiger charge is 2.34. The molecule has 0 saturated carbocycles. The minimum Gasteiger partial charge on any atom is -0.497 e. The first-order valence-electron chi connectivity index (χ1n) is 17.9. The lowest BCUT2D eigenvalue weighted by atomic mass is 10.1. The molecule has 0 radical (unpaired) electrons. The third kappa shape index (κ3) is 6.99. The van der Waals surface area contributed by atoms with Gasteiger partial charge in [-0.15, -0.1) is 0 Å². The van der Waals surface area contributed by atoms with E-state index in [1.54, 1.807) is 18.2 Å². The molecule has 11 nitrogen and oxygen atoms in total. The molecule has 10 rings (SSSR count). The van der Waals surface area contributed by atoms with Gasteiger partial charge in [-0.25, -0.2) is 29.9 Å². The summed E-state index contributed by atoms with van der Waals surface area (Å²) in [4.78, 5) is 35.5. The Hall–Kier alpha value is -2.79. The van der Waals surface area contributed by atoms with Crippen molar-refractivity contribution in [3.05, 3.63) is 93.5 Å². The molecule has 0 fully saturated rings. The highest BCUT2D eigenvalue weighted by molar-refractivity contribution is 6.58. The number of methoxy groups -OCH3 is 2. The molecule has 5 aromatic carbocycles. The molecule has 0 saturated heterocycles. The number of hydrogen-bond donors (Lipinski definition) is 2. The summed E-state index contributed by atoms with van der Waals surface area (Å²) < 4.78 is 17.2. The van der Waals surface area contributed by atoms with Gasteiger partial charge in [-0.05, 0) is 12.1 Å². The summed E-state index contributed by atoms with van der Waals surface area (Å²) >= 11 is 103. The summed E-state index contributed by atoms with van der Waals surface area (Å²) in [5.74, 6) is 0.486. The number of nitrogens with zero attached hydrogens (tertiary/aromatic N) is 6. The van der Waals surface area contributed by atoms with Crippen LogP contribution in [0.2, 0.25) is 75.3 Å². The standard InChI is InChI=1S/C40H11Cl15N8O3/c1-64-6-3-4-7(8(5-6)65-2)66-32-24(48)16-15(23(47)31(32)55)39-61-37-12-11(19(43)27(51)28(52)20(12)44)35(59-37)57-33-9-10(18(42)26(50)25(49)17(9)41)34(56-33)58-36-13-14(38(60-36)62-40(16)63-39)22(46)30(54)29(53)21(13)45/h3-5H,1-2H3,(H2,56,57,58,59,60,61,62,63). The molecule has 2 aliphatic rings. The second-order valence-corrected chi connectivity index (χ2v) is 19.4. The van der Waals surface area contributed by atoms with Gasteiger partial charge in [-0.1, -0.05) is 174 Å². The van der Waals surface area contributed by atoms with Gasteiger partial charge in [0.05, 0.1) is 128 Å². The van der Waals surface area contributed by atoms with Crippen LogP contribution in [0.15, 0.2) is 18.2 Å². The minimum atomic E-state index is -0.135. The Kier molecular flexibility index (Phi) is 12.3. The fourth-order valence-electron chi connectivity index (χ4n) is 7.30. The third-order valence-electron chi connectivity index (χ3n) is 10.3. The number of hydrogen-bond acceptors (Lipinski definition) is 9. The van der Waals surface area contributed by atoms with Crippen molar-refractivity contribution in [2.45, 2.75) is 0 Å². The molecule has 0 aliphatic carbocycles. The van der Waals surface area contributed by atoms with Crippen molar-refractivity contribution >= 4 is 218 Å². The van der Waals surface area contributed by atoms with Gasteiger partial charge in [0.1, 0.15) is 33.4 Å². The molecular weight excluding hydrogens is 1170 g/mol. The van der Waals surface area contributed by atoms with E-state index >= 15 is 0 Å². The smallest absolute Gasteiger partial charge is 0.169 e. The van der Waals surface area contributed by atoms with Crippen molar-refractivity contribution in [2.75, 3.05) is 14.2 Å². The predicted octanol–water partition coefficient (Wildman–Crippen LogP) is 18.5. The van der Waals surface area contributed by atoms with Crippen molar-refractivity contribution in [2.24, 2.45) is 0 Å². The zero-order chi connectivity index (χ0) is 47.1. The van der Waals surface area contributed by atoms with E-state index in [1.807, 2.05) is 0 Å². The molecule has 8 bridgehead atoms. The van der Waals surface area contributed by atoms with Crippen LogP contribution in [0, 0.1) is 0 Å². The summed E-state index contributed by atoms with van der Waals surface area (Å²) in [6, 6.07) is 4.83. The Labute approximate surface area is 444 Å². The summed E-state index contributed by atoms with van der Waals surface area (Å²) in [5.41, 5.74) is 0.441. The third-order valence-corrected chi connectivity index (χ3v) is 16.9. The van der Waals surface area contributed by atoms with Crippen LogP contribution >= 0.6 is 174 Å². The number of nitrogens with one attached hydrogen (secondary N) is 2. The number of ether oxygens (including phenoxy) is 3. The van der Waals surface area contributed by atoms with E-state index in [9.17, 15) is 0 Å². The molecule has 5 heterocycles. The van der Waals surface area contributed by atoms with Crippen molar-refractivity contribution < 1.29 is 14.2 Å². The fraction of sp³-hybridized carbons (Fsp3) is 0.0500. The van der Waals surface area contributed by atoms with E-state index in [2.05, 4.69) is 9.97 Å². The van der Waals surface area contributed by atoms with Crippen LogP contribution in [0.3, 0.4) is 0 Å². The van der Waals surface area contributed by atoms with E-state index in [0.717, 1.165) is 0 Å². The van der Waals surface area contributed by atoms with Crippen LogP contribution in [0.1, 0.15) is 0 Å². The van der Waals surface area contributed by atoms with Crippen molar-refractivity contribution in [3.8, 4) is 68.5 Å². The topological polar surface area (TPSA) is 137 Å². The maximum atomic E-state index is 7.30. The van der Waals surface area contributed by atoms with Gasteiger partial charge in [0.15, 0.2) is 40.5 Å². The predicted molar refractivity (Wildman–Crippen MR) is 271 cm³/mol. The van der Waals surface area contributed by atoms with Crippen molar-refractivity contribution in [1.82, 2.24) is 39.9 Å². The largest absolute Gasteiger partial charge is 0.497 e. The molecular formula is C40H11Cl15N8O3. The first-order chi connectivity index (χ1) is 31.4. The van der Waals surface area contributed by atoms with Crippen LogP contribution in [0.5, 0.6) is 23.0 Å². The molecule has 334 valence electrons. The second kappa shape index (κ2) is 17.3. The number of fused-ring (bicyclic) bond motifs is 20. The number of aromatic nitrogens is 8. The second-order valence-electron chi connectivity index (χ2n) is 13.8. The van der Waals surface area contributed by atoms with Gasteiger partial charge in [0.2, 0.25) is 0 Å². The van der Waals surface area contributed by atoms with E-state index in [0.29, 0.717) is 5.75 Å². The number of H-pyrrole nitrogens is 2. The Morgan fingerprint density at radius 3 is 1.03 bits per heavy atom. The lowest BCUT2D eigenvalue weighted by Gasteiger charge is -2.15. The first kappa shape index (κ1) is 46.9. The molecule has 66 heavy (non-hydrogen) atoms. The van der Waals surface area contributed by atoms with Crippen LogP contribution in [-0.4, -0.2) is 54.1 Å². The summed E-state index contributed by atoms with van der Waals surface area (Å²) in [6.45, 7) is 0.